The number of fused-ring (bicyclic) bond motifs is 2. The molecule has 0 aromatic heterocycles. The number of hydrogen-bond acceptors (Lipinski definition) is 15. The summed E-state index contributed by atoms with van der Waals surface area (Å²) in [6.07, 6.45) is 6.14. The molecule has 6 heterocycles. The number of rotatable bonds is 8. The molecule has 0 aromatic carbocycles. The van der Waals surface area contributed by atoms with E-state index in [2.05, 4.69) is 32.9 Å². The van der Waals surface area contributed by atoms with Gasteiger partial charge in [0.05, 0.1) is 48.3 Å². The van der Waals surface area contributed by atoms with Gasteiger partial charge in [-0.3, -0.25) is 4.79 Å². The molecule has 15 nitrogen and oxygen atoms in total. The summed E-state index contributed by atoms with van der Waals surface area (Å²) >= 11 is 0. The van der Waals surface area contributed by atoms with Crippen LogP contribution in [0.1, 0.15) is 93.9 Å². The zero-order valence-corrected chi connectivity index (χ0v) is 38.4. The lowest BCUT2D eigenvalue weighted by Crippen LogP contribution is -2.58. The molecule has 7 rings (SSSR count). The maximum atomic E-state index is 14.3. The van der Waals surface area contributed by atoms with Crippen molar-refractivity contribution >= 4 is 11.9 Å². The zero-order chi connectivity index (χ0) is 45.5. The van der Waals surface area contributed by atoms with Gasteiger partial charge >= 0.3 is 11.9 Å². The number of aliphatic hydroxyl groups is 3. The zero-order valence-electron chi connectivity index (χ0n) is 38.4. The van der Waals surface area contributed by atoms with Gasteiger partial charge in [0, 0.05) is 51.7 Å². The van der Waals surface area contributed by atoms with Crippen LogP contribution in [0.25, 0.3) is 0 Å². The first-order valence-electron chi connectivity index (χ1n) is 22.9. The molecule has 4 saturated heterocycles. The summed E-state index contributed by atoms with van der Waals surface area (Å²) in [6, 6.07) is 0. The Hall–Kier alpha value is -2.80. The van der Waals surface area contributed by atoms with Gasteiger partial charge in [0.1, 0.15) is 30.3 Å². The molecule has 7 aliphatic rings. The van der Waals surface area contributed by atoms with Gasteiger partial charge in [-0.1, -0.05) is 64.5 Å². The first kappa shape index (κ1) is 48.1. The minimum Gasteiger partial charge on any atom is -0.462 e. The van der Waals surface area contributed by atoms with Crippen molar-refractivity contribution in [1.82, 2.24) is 0 Å². The van der Waals surface area contributed by atoms with E-state index in [0.717, 1.165) is 12.0 Å². The van der Waals surface area contributed by atoms with E-state index in [0.29, 0.717) is 31.3 Å². The average molecular weight is 887 g/mol. The molecule has 1 spiro atoms. The first-order valence-corrected chi connectivity index (χ1v) is 22.9. The van der Waals surface area contributed by atoms with E-state index >= 15 is 0 Å². The van der Waals surface area contributed by atoms with Gasteiger partial charge in [0.15, 0.2) is 30.1 Å². The van der Waals surface area contributed by atoms with Crippen molar-refractivity contribution in [3.8, 4) is 0 Å². The average Bonchev–Trinajstić information content (AvgIpc) is 3.51. The highest BCUT2D eigenvalue weighted by molar-refractivity contribution is 5.97. The van der Waals surface area contributed by atoms with Crippen LogP contribution in [0.3, 0.4) is 0 Å². The molecule has 0 aromatic rings. The standard InChI is InChI=1S/C48H70O15/c1-11-24(2)42-27(5)17-18-47(63-42)23-32-20-31(62-47)16-15-26(4)41(59-38-22-36(55-10)43(30(8)57-38)60-37-21-35(54-9)40(50)29(7)56-37)25(3)13-12-14-33-45(51)61-44-39(49)28(6)19-34(46(52)58-32)48(33,44)53/h12-15,17-19,24-25,27,29-32,34-44,49-50,53H,11,16,20-23H2,1-10H3/b13-12+,26-15+,33-14?/t24-,25-,27-,29-,30-,31+,32-,34-,35-,36-,37-,38-,39+,40-,41-,42+,43-,44+,47+,48+/m0/s1. The Bertz CT molecular complexity index is 1810. The summed E-state index contributed by atoms with van der Waals surface area (Å²) in [6.45, 7) is 15.7. The van der Waals surface area contributed by atoms with E-state index in [1.807, 2.05) is 32.9 Å². The highest BCUT2D eigenvalue weighted by atomic mass is 16.7. The van der Waals surface area contributed by atoms with Gasteiger partial charge in [-0.2, -0.15) is 0 Å². The van der Waals surface area contributed by atoms with Crippen molar-refractivity contribution in [2.45, 2.75) is 191 Å². The number of esters is 2. The number of hydrogen-bond donors (Lipinski definition) is 3. The Morgan fingerprint density at radius 3 is 2.27 bits per heavy atom. The topological polar surface area (TPSA) is 187 Å². The van der Waals surface area contributed by atoms with Crippen LogP contribution in [0.2, 0.25) is 0 Å². The molecular formula is C48H70O15. The second kappa shape index (κ2) is 19.6. The summed E-state index contributed by atoms with van der Waals surface area (Å²) in [4.78, 5) is 27.9. The molecule has 15 heteroatoms. The fraction of sp³-hybridized carbons (Fsp3) is 0.750. The number of ether oxygens (including phenoxy) is 10. The molecule has 63 heavy (non-hydrogen) atoms. The van der Waals surface area contributed by atoms with Gasteiger partial charge in [-0.15, -0.1) is 0 Å². The van der Waals surface area contributed by atoms with E-state index in [4.69, 9.17) is 47.4 Å². The first-order chi connectivity index (χ1) is 29.9. The minimum absolute atomic E-state index is 0.135. The predicted molar refractivity (Wildman–Crippen MR) is 227 cm³/mol. The summed E-state index contributed by atoms with van der Waals surface area (Å²) < 4.78 is 63.0. The molecule has 3 N–H and O–H groups in total. The van der Waals surface area contributed by atoms with E-state index in [-0.39, 0.29) is 35.9 Å². The van der Waals surface area contributed by atoms with Gasteiger partial charge in [-0.25, -0.2) is 4.79 Å². The van der Waals surface area contributed by atoms with Gasteiger partial charge < -0.3 is 62.7 Å². The van der Waals surface area contributed by atoms with Crippen molar-refractivity contribution in [2.75, 3.05) is 14.2 Å². The fourth-order valence-electron chi connectivity index (χ4n) is 10.5. The Morgan fingerprint density at radius 2 is 1.56 bits per heavy atom. The Labute approximate surface area is 371 Å². The summed E-state index contributed by atoms with van der Waals surface area (Å²) in [5.74, 6) is -4.04. The SMILES string of the molecule is CC[C@H](C)[C@H]1O[C@]2(C=C[C@@H]1C)C[C@@H]1C[C@@H](C/C=C(\C)[C@@H](O[C@H]3C[C@H](OC)[C@@H](O[C@H]4C[C@H](OC)[C@@H](O)[C@H](C)O4)[C@H](C)O3)[C@@H](C)/C=C/C=C3C(=O)O[C@@H]4[C@H](O)C(C)=C[C@@H](C(=O)O1)[C@]34O)O2. The van der Waals surface area contributed by atoms with Crippen LogP contribution in [-0.4, -0.2) is 139 Å². The number of methoxy groups -OCH3 is 2. The molecule has 352 valence electrons. The second-order valence-electron chi connectivity index (χ2n) is 18.9. The van der Waals surface area contributed by atoms with Crippen LogP contribution in [0.5, 0.6) is 0 Å². The molecule has 6 aliphatic heterocycles. The summed E-state index contributed by atoms with van der Waals surface area (Å²) in [7, 11) is 3.18. The molecule has 20 atom stereocenters. The second-order valence-corrected chi connectivity index (χ2v) is 18.9. The van der Waals surface area contributed by atoms with Crippen molar-refractivity contribution in [2.24, 2.45) is 23.7 Å². The number of carbonyl (C=O) groups excluding carboxylic acids is 2. The smallest absolute Gasteiger partial charge is 0.337 e. The van der Waals surface area contributed by atoms with E-state index in [1.54, 1.807) is 34.1 Å². The number of carbonyl (C=O) groups is 2. The Balaban J connectivity index is 1.20. The van der Waals surface area contributed by atoms with Crippen molar-refractivity contribution in [3.63, 3.8) is 0 Å². The lowest BCUT2D eigenvalue weighted by molar-refractivity contribution is -0.318. The third-order valence-electron chi connectivity index (χ3n) is 14.4. The third-order valence-corrected chi connectivity index (χ3v) is 14.4. The maximum absolute atomic E-state index is 14.3. The van der Waals surface area contributed by atoms with Gasteiger partial charge in [0.2, 0.25) is 0 Å². The van der Waals surface area contributed by atoms with Crippen LogP contribution in [0, 0.1) is 23.7 Å². The molecule has 4 fully saturated rings. The molecule has 0 unspecified atom stereocenters. The molecule has 0 saturated carbocycles. The van der Waals surface area contributed by atoms with Gasteiger partial charge in [-0.05, 0) is 63.3 Å². The maximum Gasteiger partial charge on any atom is 0.337 e. The number of allylic oxidation sites excluding steroid dienone is 2. The van der Waals surface area contributed by atoms with Crippen molar-refractivity contribution < 1.29 is 72.3 Å². The Morgan fingerprint density at radius 1 is 0.857 bits per heavy atom. The minimum atomic E-state index is -2.21. The van der Waals surface area contributed by atoms with Crippen LogP contribution >= 0.6 is 0 Å². The van der Waals surface area contributed by atoms with Gasteiger partial charge in [0.25, 0.3) is 0 Å². The monoisotopic (exact) mass is 886 g/mol. The Kier molecular flexibility index (Phi) is 15.0. The lowest BCUT2D eigenvalue weighted by Gasteiger charge is -2.48. The molecule has 0 amide bonds. The molecule has 0 radical (unpaired) electrons. The summed E-state index contributed by atoms with van der Waals surface area (Å²) in [5, 5.41) is 34.1. The highest BCUT2D eigenvalue weighted by Gasteiger charge is 2.64. The molecule has 1 aliphatic carbocycles. The van der Waals surface area contributed by atoms with Crippen LogP contribution in [-0.2, 0) is 57.0 Å². The number of aliphatic hydroxyl groups excluding tert-OH is 2. The normalized spacial score (nSPS) is 47.6. The van der Waals surface area contributed by atoms with Crippen molar-refractivity contribution in [3.05, 3.63) is 59.3 Å². The van der Waals surface area contributed by atoms with Crippen LogP contribution in [0.4, 0.5) is 0 Å². The van der Waals surface area contributed by atoms with E-state index in [1.165, 1.54) is 12.2 Å². The van der Waals surface area contributed by atoms with E-state index in [9.17, 15) is 24.9 Å². The largest absolute Gasteiger partial charge is 0.462 e. The van der Waals surface area contributed by atoms with E-state index < -0.39 is 109 Å². The van der Waals surface area contributed by atoms with Crippen LogP contribution < -0.4 is 0 Å². The van der Waals surface area contributed by atoms with Crippen LogP contribution in [0.15, 0.2) is 59.3 Å². The fourth-order valence-corrected chi connectivity index (χ4v) is 10.5. The third kappa shape index (κ3) is 9.72. The summed E-state index contributed by atoms with van der Waals surface area (Å²) in [5.41, 5.74) is -1.10. The highest BCUT2D eigenvalue weighted by Crippen LogP contribution is 2.47. The quantitative estimate of drug-likeness (QED) is 0.221. The molecular weight excluding hydrogens is 817 g/mol. The lowest BCUT2D eigenvalue weighted by atomic mass is 9.70. The van der Waals surface area contributed by atoms with Crippen molar-refractivity contribution in [1.29, 1.82) is 0 Å². The molecule has 2 bridgehead atoms. The predicted octanol–water partition coefficient (Wildman–Crippen LogP) is 4.90.